The first kappa shape index (κ1) is 18.6. The average molecular weight is 387 g/mol. The van der Waals surface area contributed by atoms with Gasteiger partial charge in [0.1, 0.15) is 6.54 Å². The first-order valence-corrected chi connectivity index (χ1v) is 9.56. The highest BCUT2D eigenvalue weighted by atomic mass is 35.5. The molecule has 0 spiro atoms. The second-order valence-electron chi connectivity index (χ2n) is 5.28. The lowest BCUT2D eigenvalue weighted by atomic mass is 10.2. The monoisotopic (exact) mass is 386 g/mol. The molecule has 0 aliphatic heterocycles. The Bertz CT molecular complexity index is 869. The van der Waals surface area contributed by atoms with Gasteiger partial charge in [0.25, 0.3) is 0 Å². The van der Waals surface area contributed by atoms with E-state index in [2.05, 4.69) is 5.32 Å². The van der Waals surface area contributed by atoms with E-state index in [1.807, 2.05) is 13.0 Å². The van der Waals surface area contributed by atoms with E-state index in [1.54, 1.807) is 30.3 Å². The van der Waals surface area contributed by atoms with Crippen LogP contribution in [0.1, 0.15) is 5.56 Å². The summed E-state index contributed by atoms with van der Waals surface area (Å²) in [5, 5.41) is 3.30. The normalized spacial score (nSPS) is 11.2. The lowest BCUT2D eigenvalue weighted by molar-refractivity contribution is -0.114. The molecule has 0 saturated carbocycles. The summed E-state index contributed by atoms with van der Waals surface area (Å²) < 4.78 is 25.1. The van der Waals surface area contributed by atoms with Gasteiger partial charge in [-0.05, 0) is 42.8 Å². The molecule has 0 aliphatic rings. The molecule has 0 fully saturated rings. The molecule has 5 nitrogen and oxygen atoms in total. The molecular formula is C16H16Cl2N2O3S. The molecule has 2 aromatic rings. The van der Waals surface area contributed by atoms with Gasteiger partial charge in [0.2, 0.25) is 15.9 Å². The second-order valence-corrected chi connectivity index (χ2v) is 8.03. The molecule has 0 aromatic heterocycles. The molecule has 0 atom stereocenters. The van der Waals surface area contributed by atoms with Crippen molar-refractivity contribution in [2.24, 2.45) is 0 Å². The molecule has 2 rings (SSSR count). The van der Waals surface area contributed by atoms with Crippen molar-refractivity contribution in [1.29, 1.82) is 0 Å². The molecule has 128 valence electrons. The standard InChI is InChI=1S/C16H16Cl2N2O3S/c1-11-4-3-5-13(8-11)20(24(2,22)23)10-16(21)19-15-9-12(17)6-7-14(15)18/h3-9H,10H2,1-2H3,(H,19,21). The fourth-order valence-corrected chi connectivity index (χ4v) is 3.28. The van der Waals surface area contributed by atoms with E-state index < -0.39 is 15.9 Å². The Kier molecular flexibility index (Phi) is 5.74. The van der Waals surface area contributed by atoms with E-state index >= 15 is 0 Å². The number of benzene rings is 2. The Morgan fingerprint density at radius 1 is 1.17 bits per heavy atom. The van der Waals surface area contributed by atoms with Crippen LogP contribution in [0.5, 0.6) is 0 Å². The third-order valence-corrected chi connectivity index (χ3v) is 4.88. The smallest absolute Gasteiger partial charge is 0.245 e. The highest BCUT2D eigenvalue weighted by molar-refractivity contribution is 7.92. The predicted molar refractivity (Wildman–Crippen MR) is 98.5 cm³/mol. The average Bonchev–Trinajstić information content (AvgIpc) is 2.47. The van der Waals surface area contributed by atoms with Gasteiger partial charge in [-0.2, -0.15) is 0 Å². The van der Waals surface area contributed by atoms with Gasteiger partial charge in [0.05, 0.1) is 22.7 Å². The van der Waals surface area contributed by atoms with Gasteiger partial charge in [0.15, 0.2) is 0 Å². The molecule has 0 saturated heterocycles. The number of nitrogens with one attached hydrogen (secondary N) is 1. The molecule has 0 aliphatic carbocycles. The maximum Gasteiger partial charge on any atom is 0.245 e. The molecule has 0 heterocycles. The number of anilines is 2. The largest absolute Gasteiger partial charge is 0.323 e. The fourth-order valence-electron chi connectivity index (χ4n) is 2.10. The van der Waals surface area contributed by atoms with Crippen LogP contribution in [0.2, 0.25) is 10.0 Å². The SMILES string of the molecule is Cc1cccc(N(CC(=O)Nc2cc(Cl)ccc2Cl)S(C)(=O)=O)c1. The van der Waals surface area contributed by atoms with Crippen LogP contribution in [0, 0.1) is 6.92 Å². The first-order valence-electron chi connectivity index (χ1n) is 6.96. The van der Waals surface area contributed by atoms with Crippen LogP contribution in [0.4, 0.5) is 11.4 Å². The molecule has 24 heavy (non-hydrogen) atoms. The summed E-state index contributed by atoms with van der Waals surface area (Å²) in [7, 11) is -3.63. The minimum absolute atomic E-state index is 0.314. The number of hydrogen-bond donors (Lipinski definition) is 1. The number of amides is 1. The fraction of sp³-hybridized carbons (Fsp3) is 0.188. The van der Waals surface area contributed by atoms with E-state index in [0.717, 1.165) is 16.1 Å². The number of halogens is 2. The van der Waals surface area contributed by atoms with E-state index in [9.17, 15) is 13.2 Å². The van der Waals surface area contributed by atoms with E-state index in [-0.39, 0.29) is 6.54 Å². The summed E-state index contributed by atoms with van der Waals surface area (Å²) in [6.45, 7) is 1.47. The Morgan fingerprint density at radius 2 is 1.88 bits per heavy atom. The highest BCUT2D eigenvalue weighted by Crippen LogP contribution is 2.26. The zero-order valence-electron chi connectivity index (χ0n) is 13.1. The Balaban J connectivity index is 2.24. The summed E-state index contributed by atoms with van der Waals surface area (Å²) in [4.78, 5) is 12.3. The third kappa shape index (κ3) is 4.87. The number of aryl methyl sites for hydroxylation is 1. The van der Waals surface area contributed by atoms with Crippen molar-refractivity contribution >= 4 is 50.5 Å². The van der Waals surface area contributed by atoms with Crippen LogP contribution < -0.4 is 9.62 Å². The minimum Gasteiger partial charge on any atom is -0.323 e. The number of hydrogen-bond acceptors (Lipinski definition) is 3. The van der Waals surface area contributed by atoms with Crippen molar-refractivity contribution in [3.8, 4) is 0 Å². The van der Waals surface area contributed by atoms with Crippen molar-refractivity contribution in [3.05, 3.63) is 58.1 Å². The quantitative estimate of drug-likeness (QED) is 0.851. The van der Waals surface area contributed by atoms with Gasteiger partial charge in [-0.3, -0.25) is 9.10 Å². The Morgan fingerprint density at radius 3 is 2.50 bits per heavy atom. The maximum atomic E-state index is 12.3. The van der Waals surface area contributed by atoms with E-state index in [1.165, 1.54) is 6.07 Å². The molecule has 0 radical (unpaired) electrons. The summed E-state index contributed by atoms with van der Waals surface area (Å²) >= 11 is 11.9. The lowest BCUT2D eigenvalue weighted by Gasteiger charge is -2.22. The predicted octanol–water partition coefficient (Wildman–Crippen LogP) is 3.71. The van der Waals surface area contributed by atoms with Crippen molar-refractivity contribution in [2.45, 2.75) is 6.92 Å². The number of carbonyl (C=O) groups is 1. The molecule has 1 amide bonds. The van der Waals surface area contributed by atoms with Crippen LogP contribution in [0.25, 0.3) is 0 Å². The Hall–Kier alpha value is -1.76. The van der Waals surface area contributed by atoms with E-state index in [0.29, 0.717) is 21.4 Å². The van der Waals surface area contributed by atoms with Gasteiger partial charge < -0.3 is 5.32 Å². The van der Waals surface area contributed by atoms with Gasteiger partial charge in [-0.15, -0.1) is 0 Å². The molecule has 0 unspecified atom stereocenters. The van der Waals surface area contributed by atoms with Gasteiger partial charge in [-0.25, -0.2) is 8.42 Å². The molecule has 0 bridgehead atoms. The minimum atomic E-state index is -3.63. The number of rotatable bonds is 5. The molecule has 2 aromatic carbocycles. The van der Waals surface area contributed by atoms with Gasteiger partial charge >= 0.3 is 0 Å². The topological polar surface area (TPSA) is 66.5 Å². The van der Waals surface area contributed by atoms with Crippen LogP contribution in [-0.4, -0.2) is 27.1 Å². The van der Waals surface area contributed by atoms with Crippen molar-refractivity contribution in [1.82, 2.24) is 0 Å². The van der Waals surface area contributed by atoms with Crippen LogP contribution in [0.3, 0.4) is 0 Å². The molecule has 8 heteroatoms. The van der Waals surface area contributed by atoms with Gasteiger partial charge in [-0.1, -0.05) is 35.3 Å². The Labute approximate surface area is 151 Å². The van der Waals surface area contributed by atoms with Crippen LogP contribution in [0.15, 0.2) is 42.5 Å². The highest BCUT2D eigenvalue weighted by Gasteiger charge is 2.21. The summed E-state index contributed by atoms with van der Waals surface area (Å²) in [6, 6.07) is 11.5. The van der Waals surface area contributed by atoms with Crippen LogP contribution >= 0.6 is 23.2 Å². The summed E-state index contributed by atoms with van der Waals surface area (Å²) in [5.41, 5.74) is 1.64. The zero-order chi connectivity index (χ0) is 17.9. The number of carbonyl (C=O) groups excluding carboxylic acids is 1. The van der Waals surface area contributed by atoms with E-state index in [4.69, 9.17) is 23.2 Å². The summed E-state index contributed by atoms with van der Waals surface area (Å²) in [6.07, 6.45) is 1.05. The third-order valence-electron chi connectivity index (χ3n) is 3.18. The van der Waals surface area contributed by atoms with Crippen molar-refractivity contribution < 1.29 is 13.2 Å². The number of nitrogens with zero attached hydrogens (tertiary/aromatic N) is 1. The molecular weight excluding hydrogens is 371 g/mol. The second kappa shape index (κ2) is 7.42. The number of sulfonamides is 1. The van der Waals surface area contributed by atoms with Crippen molar-refractivity contribution in [2.75, 3.05) is 22.4 Å². The van der Waals surface area contributed by atoms with Crippen LogP contribution in [-0.2, 0) is 14.8 Å². The maximum absolute atomic E-state index is 12.3. The zero-order valence-corrected chi connectivity index (χ0v) is 15.4. The van der Waals surface area contributed by atoms with Crippen molar-refractivity contribution in [3.63, 3.8) is 0 Å². The van der Waals surface area contributed by atoms with Gasteiger partial charge in [0, 0.05) is 5.02 Å². The summed E-state index contributed by atoms with van der Waals surface area (Å²) in [5.74, 6) is -0.522. The first-order chi connectivity index (χ1) is 11.2. The lowest BCUT2D eigenvalue weighted by Crippen LogP contribution is -2.37. The molecule has 1 N–H and O–H groups in total.